The standard InChI is InChI=1S/C17H15BrS/c1-12-5-4-6-13(9-12)10-15(18)17-11-14-7-2-3-8-16(14)19-17/h2-9,11,15H,10H2,1H3. The molecule has 96 valence electrons. The Morgan fingerprint density at radius 2 is 1.89 bits per heavy atom. The lowest BCUT2D eigenvalue weighted by atomic mass is 10.1. The van der Waals surface area contributed by atoms with Gasteiger partial charge in [-0.3, -0.25) is 0 Å². The second-order valence-electron chi connectivity index (χ2n) is 4.85. The van der Waals surface area contributed by atoms with Gasteiger partial charge >= 0.3 is 0 Å². The van der Waals surface area contributed by atoms with Crippen LogP contribution in [-0.4, -0.2) is 0 Å². The largest absolute Gasteiger partial charge is 0.139 e. The van der Waals surface area contributed by atoms with Crippen LogP contribution in [0, 0.1) is 6.92 Å². The number of benzene rings is 2. The number of hydrogen-bond donors (Lipinski definition) is 0. The minimum atomic E-state index is 0.395. The first-order chi connectivity index (χ1) is 9.22. The number of thiophene rings is 1. The van der Waals surface area contributed by atoms with Crippen molar-refractivity contribution in [2.24, 2.45) is 0 Å². The van der Waals surface area contributed by atoms with E-state index in [0.717, 1.165) is 6.42 Å². The number of fused-ring (bicyclic) bond motifs is 1. The van der Waals surface area contributed by atoms with Gasteiger partial charge in [0.2, 0.25) is 0 Å². The Kier molecular flexibility index (Phi) is 3.72. The van der Waals surface area contributed by atoms with E-state index in [4.69, 9.17) is 0 Å². The molecule has 19 heavy (non-hydrogen) atoms. The Morgan fingerprint density at radius 3 is 2.68 bits per heavy atom. The van der Waals surface area contributed by atoms with Crippen molar-refractivity contribution >= 4 is 37.4 Å². The third-order valence-electron chi connectivity index (χ3n) is 3.25. The molecule has 0 fully saturated rings. The van der Waals surface area contributed by atoms with Gasteiger partial charge in [-0.2, -0.15) is 0 Å². The summed E-state index contributed by atoms with van der Waals surface area (Å²) in [5.74, 6) is 0. The molecule has 3 rings (SSSR count). The molecule has 3 aromatic rings. The lowest BCUT2D eigenvalue weighted by Gasteiger charge is -2.08. The van der Waals surface area contributed by atoms with Gasteiger partial charge in [0.05, 0.1) is 4.83 Å². The van der Waals surface area contributed by atoms with Crippen molar-refractivity contribution in [1.82, 2.24) is 0 Å². The molecule has 1 unspecified atom stereocenters. The zero-order chi connectivity index (χ0) is 13.2. The summed E-state index contributed by atoms with van der Waals surface area (Å²) in [4.78, 5) is 1.80. The highest BCUT2D eigenvalue weighted by atomic mass is 79.9. The van der Waals surface area contributed by atoms with E-state index in [1.807, 2.05) is 11.3 Å². The van der Waals surface area contributed by atoms with Crippen molar-refractivity contribution in [3.63, 3.8) is 0 Å². The van der Waals surface area contributed by atoms with Crippen molar-refractivity contribution < 1.29 is 0 Å². The van der Waals surface area contributed by atoms with Gasteiger partial charge in [-0.15, -0.1) is 11.3 Å². The number of hydrogen-bond acceptors (Lipinski definition) is 1. The molecule has 0 bridgehead atoms. The van der Waals surface area contributed by atoms with Crippen molar-refractivity contribution in [2.45, 2.75) is 18.2 Å². The van der Waals surface area contributed by atoms with E-state index in [1.165, 1.54) is 26.1 Å². The summed E-state index contributed by atoms with van der Waals surface area (Å²) in [6.45, 7) is 2.15. The van der Waals surface area contributed by atoms with Crippen LogP contribution < -0.4 is 0 Å². The van der Waals surface area contributed by atoms with E-state index in [9.17, 15) is 0 Å². The zero-order valence-corrected chi connectivity index (χ0v) is 13.2. The normalized spacial score (nSPS) is 12.7. The van der Waals surface area contributed by atoms with Gasteiger partial charge in [0.1, 0.15) is 0 Å². The van der Waals surface area contributed by atoms with Crippen LogP contribution >= 0.6 is 27.3 Å². The number of aryl methyl sites for hydroxylation is 1. The summed E-state index contributed by atoms with van der Waals surface area (Å²) in [6, 6.07) is 19.6. The number of halogens is 1. The summed E-state index contributed by atoms with van der Waals surface area (Å²) in [5.41, 5.74) is 2.72. The summed E-state index contributed by atoms with van der Waals surface area (Å²) in [5, 5.41) is 1.34. The molecule has 0 aliphatic heterocycles. The third-order valence-corrected chi connectivity index (χ3v) is 5.60. The highest BCUT2D eigenvalue weighted by molar-refractivity contribution is 9.09. The van der Waals surface area contributed by atoms with Crippen molar-refractivity contribution in [2.75, 3.05) is 0 Å². The lowest BCUT2D eigenvalue weighted by molar-refractivity contribution is 0.968. The molecule has 2 heteroatoms. The van der Waals surface area contributed by atoms with Gasteiger partial charge in [-0.25, -0.2) is 0 Å². The third kappa shape index (κ3) is 2.90. The minimum absolute atomic E-state index is 0.395. The monoisotopic (exact) mass is 330 g/mol. The second kappa shape index (κ2) is 5.48. The van der Waals surface area contributed by atoms with Crippen molar-refractivity contribution in [1.29, 1.82) is 0 Å². The van der Waals surface area contributed by atoms with Crippen LogP contribution in [0.2, 0.25) is 0 Å². The molecule has 0 amide bonds. The fraction of sp³-hybridized carbons (Fsp3) is 0.176. The Hall–Kier alpha value is -1.12. The first kappa shape index (κ1) is 12.9. The maximum atomic E-state index is 3.84. The average molecular weight is 331 g/mol. The van der Waals surface area contributed by atoms with Crippen LogP contribution in [0.15, 0.2) is 54.6 Å². The molecule has 0 N–H and O–H groups in total. The fourth-order valence-corrected chi connectivity index (χ4v) is 4.13. The molecule has 0 saturated carbocycles. The molecule has 1 heterocycles. The molecule has 1 aromatic heterocycles. The van der Waals surface area contributed by atoms with E-state index < -0.39 is 0 Å². The molecule has 0 aliphatic rings. The average Bonchev–Trinajstić information content (AvgIpc) is 2.82. The maximum Gasteiger partial charge on any atom is 0.0529 e. The van der Waals surface area contributed by atoms with Crippen LogP contribution in [0.5, 0.6) is 0 Å². The van der Waals surface area contributed by atoms with Crippen LogP contribution in [0.1, 0.15) is 20.8 Å². The van der Waals surface area contributed by atoms with Gasteiger partial charge in [0, 0.05) is 9.58 Å². The minimum Gasteiger partial charge on any atom is -0.139 e. The number of alkyl halides is 1. The van der Waals surface area contributed by atoms with Crippen molar-refractivity contribution in [3.05, 3.63) is 70.6 Å². The van der Waals surface area contributed by atoms with Gasteiger partial charge < -0.3 is 0 Å². The molecular weight excluding hydrogens is 316 g/mol. The second-order valence-corrected chi connectivity index (χ2v) is 7.07. The van der Waals surface area contributed by atoms with Gasteiger partial charge in [-0.05, 0) is 36.4 Å². The maximum absolute atomic E-state index is 3.84. The summed E-state index contributed by atoms with van der Waals surface area (Å²) >= 11 is 5.72. The Morgan fingerprint density at radius 1 is 1.05 bits per heavy atom. The molecule has 0 saturated heterocycles. The lowest BCUT2D eigenvalue weighted by Crippen LogP contribution is -1.93. The van der Waals surface area contributed by atoms with Crippen LogP contribution in [-0.2, 0) is 6.42 Å². The Labute approximate surface area is 126 Å². The fourth-order valence-electron chi connectivity index (χ4n) is 2.30. The molecule has 0 nitrogen and oxygen atoms in total. The molecule has 1 atom stereocenters. The predicted octanol–water partition coefficient (Wildman–Crippen LogP) is 5.89. The van der Waals surface area contributed by atoms with E-state index in [-0.39, 0.29) is 0 Å². The zero-order valence-electron chi connectivity index (χ0n) is 10.8. The molecule has 0 aliphatic carbocycles. The van der Waals surface area contributed by atoms with E-state index in [1.54, 1.807) is 0 Å². The summed E-state index contributed by atoms with van der Waals surface area (Å²) < 4.78 is 1.37. The van der Waals surface area contributed by atoms with Gasteiger partial charge in [0.15, 0.2) is 0 Å². The first-order valence-electron chi connectivity index (χ1n) is 6.40. The predicted molar refractivity (Wildman–Crippen MR) is 88.4 cm³/mol. The molecule has 0 radical (unpaired) electrons. The van der Waals surface area contributed by atoms with E-state index in [0.29, 0.717) is 4.83 Å². The molecule has 0 spiro atoms. The van der Waals surface area contributed by atoms with Crippen LogP contribution in [0.3, 0.4) is 0 Å². The topological polar surface area (TPSA) is 0 Å². The smallest absolute Gasteiger partial charge is 0.0529 e. The molecule has 2 aromatic carbocycles. The highest BCUT2D eigenvalue weighted by Crippen LogP contribution is 2.36. The number of rotatable bonds is 3. The molecular formula is C17H15BrS. The van der Waals surface area contributed by atoms with Gasteiger partial charge in [-0.1, -0.05) is 64.0 Å². The highest BCUT2D eigenvalue weighted by Gasteiger charge is 2.12. The van der Waals surface area contributed by atoms with Gasteiger partial charge in [0.25, 0.3) is 0 Å². The van der Waals surface area contributed by atoms with Crippen LogP contribution in [0.25, 0.3) is 10.1 Å². The Bertz CT molecular complexity index is 666. The SMILES string of the molecule is Cc1cccc(CC(Br)c2cc3ccccc3s2)c1. The van der Waals surface area contributed by atoms with Crippen LogP contribution in [0.4, 0.5) is 0 Å². The Balaban J connectivity index is 1.85. The summed E-state index contributed by atoms with van der Waals surface area (Å²) in [6.07, 6.45) is 1.04. The van der Waals surface area contributed by atoms with E-state index in [2.05, 4.69) is 77.5 Å². The van der Waals surface area contributed by atoms with Crippen molar-refractivity contribution in [3.8, 4) is 0 Å². The quantitative estimate of drug-likeness (QED) is 0.525. The first-order valence-corrected chi connectivity index (χ1v) is 8.14. The van der Waals surface area contributed by atoms with E-state index >= 15 is 0 Å². The summed E-state index contributed by atoms with van der Waals surface area (Å²) in [7, 11) is 0.